The molecule has 9 heteroatoms. The van der Waals surface area contributed by atoms with Crippen molar-refractivity contribution >= 4 is 29.4 Å². The zero-order valence-electron chi connectivity index (χ0n) is 17.0. The molecule has 0 bridgehead atoms. The van der Waals surface area contributed by atoms with Crippen molar-refractivity contribution < 1.29 is 27.2 Å². The van der Waals surface area contributed by atoms with Gasteiger partial charge in [-0.3, -0.25) is 9.36 Å². The Balaban J connectivity index is 3.05. The normalized spacial score (nSPS) is 13.8. The first-order valence-electron chi connectivity index (χ1n) is 9.29. The summed E-state index contributed by atoms with van der Waals surface area (Å²) in [7, 11) is -4.68. The van der Waals surface area contributed by atoms with Crippen LogP contribution in [0.5, 0.6) is 0 Å². The number of benzene rings is 1. The van der Waals surface area contributed by atoms with E-state index in [1.54, 1.807) is 24.3 Å². The molecule has 0 aliphatic rings. The van der Waals surface area contributed by atoms with Crippen LogP contribution in [0, 0.1) is 0 Å². The quantitative estimate of drug-likeness (QED) is 0.291. The molecular formula is C20H27BrF2NO4P. The Morgan fingerprint density at radius 1 is 1.17 bits per heavy atom. The summed E-state index contributed by atoms with van der Waals surface area (Å²) in [5.74, 6) is -0.260. The van der Waals surface area contributed by atoms with Gasteiger partial charge in [-0.05, 0) is 45.4 Å². The highest BCUT2D eigenvalue weighted by molar-refractivity contribution is 9.11. The molecule has 1 amide bonds. The number of allylic oxidation sites excluding steroid dienone is 3. The first kappa shape index (κ1) is 25.7. The molecule has 0 heterocycles. The maximum absolute atomic E-state index is 14.9. The van der Waals surface area contributed by atoms with Crippen LogP contribution in [0.25, 0.3) is 0 Å². The van der Waals surface area contributed by atoms with Crippen LogP contribution in [0.1, 0.15) is 44.5 Å². The average molecular weight is 494 g/mol. The third kappa shape index (κ3) is 6.85. The second kappa shape index (κ2) is 11.7. The molecule has 0 aliphatic heterocycles. The zero-order chi connectivity index (χ0) is 22.1. The van der Waals surface area contributed by atoms with Crippen molar-refractivity contribution in [1.82, 2.24) is 5.32 Å². The van der Waals surface area contributed by atoms with Crippen LogP contribution >= 0.6 is 23.5 Å². The molecule has 162 valence electrons. The number of nitrogens with one attached hydrogen (secondary N) is 1. The van der Waals surface area contributed by atoms with Gasteiger partial charge in [0.15, 0.2) is 0 Å². The van der Waals surface area contributed by atoms with Gasteiger partial charge in [-0.25, -0.2) is 0 Å². The van der Waals surface area contributed by atoms with Crippen LogP contribution in [-0.2, 0) is 13.6 Å². The molecule has 0 saturated carbocycles. The molecule has 1 aromatic rings. The Labute approximate surface area is 179 Å². The van der Waals surface area contributed by atoms with E-state index in [1.807, 2.05) is 13.0 Å². The van der Waals surface area contributed by atoms with Gasteiger partial charge in [0, 0.05) is 22.2 Å². The van der Waals surface area contributed by atoms with Gasteiger partial charge in [-0.15, -0.1) is 0 Å². The third-order valence-corrected chi connectivity index (χ3v) is 7.09. The molecule has 0 fully saturated rings. The molecular weight excluding hydrogens is 467 g/mol. The Morgan fingerprint density at radius 2 is 1.72 bits per heavy atom. The highest BCUT2D eigenvalue weighted by Gasteiger charge is 2.55. The molecule has 5 nitrogen and oxygen atoms in total. The van der Waals surface area contributed by atoms with Gasteiger partial charge in [-0.1, -0.05) is 46.6 Å². The van der Waals surface area contributed by atoms with E-state index in [0.717, 1.165) is 0 Å². The number of rotatable bonds is 11. The van der Waals surface area contributed by atoms with Crippen molar-refractivity contribution in [2.45, 2.75) is 39.8 Å². The molecule has 0 aliphatic carbocycles. The highest BCUT2D eigenvalue weighted by Crippen LogP contribution is 2.65. The molecule has 0 saturated heterocycles. The Morgan fingerprint density at radius 3 is 2.21 bits per heavy atom. The first-order valence-corrected chi connectivity index (χ1v) is 11.6. The summed E-state index contributed by atoms with van der Waals surface area (Å²) in [6.45, 7) is 5.81. The summed E-state index contributed by atoms with van der Waals surface area (Å²) < 4.78 is 52.0. The summed E-state index contributed by atoms with van der Waals surface area (Å²) in [5.41, 5.74) is -3.06. The first-order chi connectivity index (χ1) is 13.6. The van der Waals surface area contributed by atoms with Crippen LogP contribution in [0.4, 0.5) is 8.78 Å². The van der Waals surface area contributed by atoms with Crippen molar-refractivity contribution in [3.63, 3.8) is 0 Å². The highest BCUT2D eigenvalue weighted by atomic mass is 79.9. The van der Waals surface area contributed by atoms with Crippen LogP contribution < -0.4 is 5.32 Å². The molecule has 0 unspecified atom stereocenters. The minimum atomic E-state index is -4.68. The van der Waals surface area contributed by atoms with Crippen molar-refractivity contribution in [2.24, 2.45) is 0 Å². The summed E-state index contributed by atoms with van der Waals surface area (Å²) >= 11 is 3.15. The number of carbonyl (C=O) groups excluding carboxylic acids is 1. The van der Waals surface area contributed by atoms with Gasteiger partial charge in [0.05, 0.1) is 13.2 Å². The van der Waals surface area contributed by atoms with Crippen LogP contribution in [0.3, 0.4) is 0 Å². The Bertz CT molecular complexity index is 787. The molecule has 0 aromatic heterocycles. The topological polar surface area (TPSA) is 64.6 Å². The number of alkyl halides is 2. The average Bonchev–Trinajstić information content (AvgIpc) is 2.70. The summed E-state index contributed by atoms with van der Waals surface area (Å²) in [4.78, 5) is 12.2. The fourth-order valence-corrected chi connectivity index (χ4v) is 4.68. The summed E-state index contributed by atoms with van der Waals surface area (Å²) in [6, 6.07) is 8.69. The number of hydrogen-bond acceptors (Lipinski definition) is 4. The molecule has 0 spiro atoms. The van der Waals surface area contributed by atoms with Crippen LogP contribution in [-0.4, -0.2) is 31.3 Å². The monoisotopic (exact) mass is 493 g/mol. The van der Waals surface area contributed by atoms with Crippen LogP contribution in [0.2, 0.25) is 0 Å². The number of halogens is 3. The third-order valence-electron chi connectivity index (χ3n) is 4.05. The van der Waals surface area contributed by atoms with Gasteiger partial charge in [0.1, 0.15) is 0 Å². The predicted molar refractivity (Wildman–Crippen MR) is 115 cm³/mol. The van der Waals surface area contributed by atoms with Crippen molar-refractivity contribution in [1.29, 1.82) is 0 Å². The fourth-order valence-electron chi connectivity index (χ4n) is 2.34. The van der Waals surface area contributed by atoms with Crippen molar-refractivity contribution in [3.05, 3.63) is 57.6 Å². The molecule has 0 radical (unpaired) electrons. The van der Waals surface area contributed by atoms with Gasteiger partial charge in [0.2, 0.25) is 0 Å². The Kier molecular flexibility index (Phi) is 10.4. The lowest BCUT2D eigenvalue weighted by Gasteiger charge is -2.27. The predicted octanol–water partition coefficient (Wildman–Crippen LogP) is 6.28. The smallest absolute Gasteiger partial charge is 0.348 e. The van der Waals surface area contributed by atoms with Gasteiger partial charge in [0.25, 0.3) is 5.91 Å². The molecule has 29 heavy (non-hydrogen) atoms. The minimum absolute atomic E-state index is 0.0629. The lowest BCUT2D eigenvalue weighted by molar-refractivity contribution is 0.0696. The number of amides is 1. The van der Waals surface area contributed by atoms with Crippen LogP contribution in [0.15, 0.2) is 52.0 Å². The van der Waals surface area contributed by atoms with E-state index in [2.05, 4.69) is 21.2 Å². The summed E-state index contributed by atoms with van der Waals surface area (Å²) in [5, 5.41) is 2.76. The van der Waals surface area contributed by atoms with E-state index < -0.39 is 18.8 Å². The minimum Gasteiger partial charge on any atom is -0.348 e. The number of hydrogen-bond donors (Lipinski definition) is 1. The lowest BCUT2D eigenvalue weighted by atomic mass is 10.1. The van der Waals surface area contributed by atoms with Gasteiger partial charge in [-0.2, -0.15) is 8.78 Å². The maximum atomic E-state index is 14.9. The second-order valence-corrected chi connectivity index (χ2v) is 8.98. The van der Waals surface area contributed by atoms with E-state index in [4.69, 9.17) is 9.05 Å². The molecule has 1 aromatic carbocycles. The Hall–Kier alpha value is -1.34. The SMILES string of the molecule is CCOP(=O)(OCC)C(F)(F)/C(C)=C(Br)/C=C(\CC)CNC(=O)c1ccccc1. The molecule has 1 N–H and O–H groups in total. The van der Waals surface area contributed by atoms with E-state index in [-0.39, 0.29) is 30.1 Å². The van der Waals surface area contributed by atoms with E-state index in [1.165, 1.54) is 26.8 Å². The van der Waals surface area contributed by atoms with Gasteiger partial charge < -0.3 is 14.4 Å². The zero-order valence-corrected chi connectivity index (χ0v) is 19.5. The van der Waals surface area contributed by atoms with E-state index in [0.29, 0.717) is 17.6 Å². The largest absolute Gasteiger partial charge is 0.404 e. The lowest BCUT2D eigenvalue weighted by Crippen LogP contribution is -2.25. The van der Waals surface area contributed by atoms with Gasteiger partial charge >= 0.3 is 13.3 Å². The fraction of sp³-hybridized carbons (Fsp3) is 0.450. The van der Waals surface area contributed by atoms with E-state index >= 15 is 0 Å². The van der Waals surface area contributed by atoms with E-state index in [9.17, 15) is 18.1 Å². The summed E-state index contributed by atoms with van der Waals surface area (Å²) in [6.07, 6.45) is 2.02. The number of carbonyl (C=O) groups is 1. The maximum Gasteiger partial charge on any atom is 0.404 e. The standard InChI is InChI=1S/C20H27BrF2NO4P/c1-5-16(14-24-19(25)17-11-9-8-10-12-17)13-18(21)15(4)20(22,23)29(26,27-6-2)28-7-3/h8-13H,5-7,14H2,1-4H3,(H,24,25)/b16-13+,18-15-. The second-order valence-electron chi connectivity index (χ2n) is 6.05. The van der Waals surface area contributed by atoms with Crippen molar-refractivity contribution in [2.75, 3.05) is 19.8 Å². The van der Waals surface area contributed by atoms with Crippen molar-refractivity contribution in [3.8, 4) is 0 Å². The molecule has 0 atom stereocenters. The molecule has 1 rings (SSSR count).